The number of nitrogen functional groups attached to an aromatic ring is 1. The maximum Gasteiger partial charge on any atom is 0.142 e. The molecule has 1 unspecified atom stereocenters. The van der Waals surface area contributed by atoms with E-state index in [0.717, 1.165) is 12.2 Å². The summed E-state index contributed by atoms with van der Waals surface area (Å²) in [5.41, 5.74) is 7.28. The summed E-state index contributed by atoms with van der Waals surface area (Å²) in [7, 11) is 0. The lowest BCUT2D eigenvalue weighted by molar-refractivity contribution is 0.688. The van der Waals surface area contributed by atoms with Gasteiger partial charge in [-0.1, -0.05) is 19.4 Å². The number of rotatable bonds is 6. The van der Waals surface area contributed by atoms with Gasteiger partial charge >= 0.3 is 0 Å². The van der Waals surface area contributed by atoms with Crippen LogP contribution >= 0.6 is 22.9 Å². The van der Waals surface area contributed by atoms with Gasteiger partial charge in [-0.2, -0.15) is 4.37 Å². The van der Waals surface area contributed by atoms with Crippen molar-refractivity contribution < 1.29 is 0 Å². The van der Waals surface area contributed by atoms with Crippen LogP contribution < -0.4 is 11.1 Å². The van der Waals surface area contributed by atoms with Crippen molar-refractivity contribution >= 4 is 33.7 Å². The van der Waals surface area contributed by atoms with Gasteiger partial charge in [-0.15, -0.1) is 11.3 Å². The van der Waals surface area contributed by atoms with Gasteiger partial charge in [-0.05, 0) is 48.2 Å². The molecular formula is C14H19N3S2. The minimum absolute atomic E-state index is 0.391. The topological polar surface area (TPSA) is 50.9 Å². The molecule has 0 aliphatic heterocycles. The fourth-order valence-corrected chi connectivity index (χ4v) is 4.07. The molecule has 1 aliphatic carbocycles. The Balaban J connectivity index is 1.82. The highest BCUT2D eigenvalue weighted by Crippen LogP contribution is 2.48. The maximum absolute atomic E-state index is 6.01. The second kappa shape index (κ2) is 5.51. The van der Waals surface area contributed by atoms with Crippen LogP contribution in [-0.2, 0) is 0 Å². The average Bonchev–Trinajstić information content (AvgIpc) is 2.95. The molecule has 5 heteroatoms. The molecule has 1 atom stereocenters. The molecule has 2 heterocycles. The Morgan fingerprint density at radius 1 is 1.53 bits per heavy atom. The van der Waals surface area contributed by atoms with Gasteiger partial charge in [0.05, 0.1) is 6.04 Å². The molecular weight excluding hydrogens is 274 g/mol. The van der Waals surface area contributed by atoms with Crippen LogP contribution in [0, 0.1) is 0 Å². The summed E-state index contributed by atoms with van der Waals surface area (Å²) >= 11 is 3.33. The zero-order chi connectivity index (χ0) is 13.2. The van der Waals surface area contributed by atoms with E-state index in [9.17, 15) is 0 Å². The molecule has 102 valence electrons. The first-order chi connectivity index (χ1) is 9.29. The number of nitrogens with zero attached hydrogens (tertiary/aromatic N) is 1. The number of nitrogens with two attached hydrogens (primary N) is 1. The van der Waals surface area contributed by atoms with E-state index in [1.807, 2.05) is 11.3 Å². The van der Waals surface area contributed by atoms with Crippen LogP contribution in [0.1, 0.15) is 55.0 Å². The maximum atomic E-state index is 6.01. The fraction of sp³-hybridized carbons (Fsp3) is 0.500. The van der Waals surface area contributed by atoms with Crippen molar-refractivity contribution in [3.8, 4) is 0 Å². The predicted molar refractivity (Wildman–Crippen MR) is 84.1 cm³/mol. The molecule has 0 spiro atoms. The molecule has 3 nitrogen and oxygen atoms in total. The fourth-order valence-electron chi connectivity index (χ4n) is 2.40. The highest BCUT2D eigenvalue weighted by Gasteiger charge is 2.31. The monoisotopic (exact) mass is 293 g/mol. The Hall–Kier alpha value is -1.07. The van der Waals surface area contributed by atoms with Gasteiger partial charge in [0, 0.05) is 10.4 Å². The molecule has 3 N–H and O–H groups in total. The molecule has 1 saturated carbocycles. The Labute approximate surface area is 122 Å². The molecule has 19 heavy (non-hydrogen) atoms. The summed E-state index contributed by atoms with van der Waals surface area (Å²) in [4.78, 5) is 1.40. The summed E-state index contributed by atoms with van der Waals surface area (Å²) in [6, 6.07) is 4.72. The molecule has 3 rings (SSSR count). The first-order valence-electron chi connectivity index (χ1n) is 6.84. The zero-order valence-electron chi connectivity index (χ0n) is 11.1. The van der Waals surface area contributed by atoms with Crippen LogP contribution in [0.3, 0.4) is 0 Å². The van der Waals surface area contributed by atoms with Crippen LogP contribution in [0.15, 0.2) is 17.5 Å². The summed E-state index contributed by atoms with van der Waals surface area (Å²) in [5, 5.41) is 7.01. The first kappa shape index (κ1) is 12.9. The second-order valence-corrected chi connectivity index (χ2v) is 6.84. The van der Waals surface area contributed by atoms with Gasteiger partial charge in [0.2, 0.25) is 0 Å². The molecule has 1 fully saturated rings. The normalized spacial score (nSPS) is 16.5. The van der Waals surface area contributed by atoms with Gasteiger partial charge in [-0.3, -0.25) is 0 Å². The lowest BCUT2D eigenvalue weighted by Crippen LogP contribution is -2.09. The van der Waals surface area contributed by atoms with E-state index in [0.29, 0.717) is 12.0 Å². The highest BCUT2D eigenvalue weighted by atomic mass is 32.1. The third-order valence-corrected chi connectivity index (χ3v) is 5.31. The molecule has 0 saturated heterocycles. The van der Waals surface area contributed by atoms with Crippen molar-refractivity contribution in [2.45, 2.75) is 44.6 Å². The second-order valence-electron chi connectivity index (χ2n) is 5.09. The van der Waals surface area contributed by atoms with Gasteiger partial charge in [0.15, 0.2) is 0 Å². The molecule has 0 bridgehead atoms. The summed E-state index contributed by atoms with van der Waals surface area (Å²) in [5.74, 6) is 1.38. The Morgan fingerprint density at radius 2 is 2.37 bits per heavy atom. The Morgan fingerprint density at radius 3 is 3.00 bits per heavy atom. The molecule has 0 amide bonds. The van der Waals surface area contributed by atoms with Crippen molar-refractivity contribution in [1.82, 2.24) is 4.37 Å². The number of hydrogen-bond donors (Lipinski definition) is 2. The van der Waals surface area contributed by atoms with E-state index < -0.39 is 0 Å². The quantitative estimate of drug-likeness (QED) is 0.817. The van der Waals surface area contributed by atoms with Crippen molar-refractivity contribution in [3.63, 3.8) is 0 Å². The third kappa shape index (κ3) is 2.77. The number of hydrogen-bond acceptors (Lipinski definition) is 5. The van der Waals surface area contributed by atoms with Crippen molar-refractivity contribution in [2.75, 3.05) is 11.1 Å². The first-order valence-corrected chi connectivity index (χ1v) is 8.50. The van der Waals surface area contributed by atoms with E-state index in [2.05, 4.69) is 34.1 Å². The molecule has 2 aromatic rings. The lowest BCUT2D eigenvalue weighted by atomic mass is 10.1. The standard InChI is InChI=1S/C14H19N3S2/c1-2-4-10(11-5-3-8-18-11)16-14-12(9-6-7-9)13(15)17-19-14/h3,5,8-10,16H,2,4,6-7H2,1H3,(H2,15,17). The van der Waals surface area contributed by atoms with Gasteiger partial charge in [0.25, 0.3) is 0 Å². The molecule has 0 radical (unpaired) electrons. The van der Waals surface area contributed by atoms with Crippen molar-refractivity contribution in [1.29, 1.82) is 0 Å². The molecule has 1 aliphatic rings. The van der Waals surface area contributed by atoms with Gasteiger partial charge < -0.3 is 11.1 Å². The molecule has 0 aromatic carbocycles. The smallest absolute Gasteiger partial charge is 0.142 e. The Bertz CT molecular complexity index is 529. The third-order valence-electron chi connectivity index (χ3n) is 3.51. The minimum atomic E-state index is 0.391. The van der Waals surface area contributed by atoms with Crippen LogP contribution in [0.2, 0.25) is 0 Å². The lowest BCUT2D eigenvalue weighted by Gasteiger charge is -2.17. The summed E-state index contributed by atoms with van der Waals surface area (Å²) < 4.78 is 4.33. The SMILES string of the molecule is CCCC(Nc1snc(N)c1C1CC1)c1cccs1. The number of anilines is 2. The predicted octanol–water partition coefficient (Wildman–Crippen LogP) is 4.62. The van der Waals surface area contributed by atoms with Crippen LogP contribution in [0.25, 0.3) is 0 Å². The minimum Gasteiger partial charge on any atom is -0.383 e. The van der Waals surface area contributed by atoms with Crippen molar-refractivity contribution in [3.05, 3.63) is 28.0 Å². The largest absolute Gasteiger partial charge is 0.383 e. The van der Waals surface area contributed by atoms with E-state index in [1.165, 1.54) is 46.2 Å². The van der Waals surface area contributed by atoms with Crippen molar-refractivity contribution in [2.24, 2.45) is 0 Å². The van der Waals surface area contributed by atoms with Crippen LogP contribution in [0.4, 0.5) is 10.8 Å². The van der Waals surface area contributed by atoms with Crippen LogP contribution in [0.5, 0.6) is 0 Å². The summed E-state index contributed by atoms with van der Waals surface area (Å²) in [6.07, 6.45) is 4.83. The average molecular weight is 293 g/mol. The zero-order valence-corrected chi connectivity index (χ0v) is 12.7. The number of aromatic nitrogens is 1. The molecule has 2 aromatic heterocycles. The number of nitrogens with one attached hydrogen (secondary N) is 1. The number of thiophene rings is 1. The van der Waals surface area contributed by atoms with E-state index >= 15 is 0 Å². The van der Waals surface area contributed by atoms with E-state index in [4.69, 9.17) is 5.73 Å². The van der Waals surface area contributed by atoms with Crippen LogP contribution in [-0.4, -0.2) is 4.37 Å². The van der Waals surface area contributed by atoms with E-state index in [-0.39, 0.29) is 0 Å². The summed E-state index contributed by atoms with van der Waals surface area (Å²) in [6.45, 7) is 2.23. The van der Waals surface area contributed by atoms with E-state index in [1.54, 1.807) is 0 Å². The Kier molecular flexibility index (Phi) is 3.75. The van der Waals surface area contributed by atoms with Gasteiger partial charge in [0.1, 0.15) is 10.8 Å². The highest BCUT2D eigenvalue weighted by molar-refractivity contribution is 7.11. The van der Waals surface area contributed by atoms with Gasteiger partial charge in [-0.25, -0.2) is 0 Å².